The molecule has 5 aromatic rings. The van der Waals surface area contributed by atoms with Crippen LogP contribution in [0.15, 0.2) is 109 Å². The Kier molecular flexibility index (Phi) is 5.09. The number of thiophene rings is 1. The molecule has 6 rings (SSSR count). The lowest BCUT2D eigenvalue weighted by Crippen LogP contribution is -2.09. The smallest absolute Gasteiger partial charge is 0.0408 e. The van der Waals surface area contributed by atoms with Crippen LogP contribution in [0.4, 0.5) is 11.4 Å². The minimum Gasteiger partial charge on any atom is -0.345 e. The molecule has 1 nitrogen and oxygen atoms in total. The number of hydrogen-bond donors (Lipinski definition) is 0. The zero-order valence-electron chi connectivity index (χ0n) is 18.7. The molecule has 1 aliphatic rings. The van der Waals surface area contributed by atoms with Crippen LogP contribution in [-0.4, -0.2) is 7.05 Å². The fourth-order valence-electron chi connectivity index (χ4n) is 4.64. The summed E-state index contributed by atoms with van der Waals surface area (Å²) in [7, 11) is 2.13. The largest absolute Gasteiger partial charge is 0.345 e. The highest BCUT2D eigenvalue weighted by molar-refractivity contribution is 7.25. The van der Waals surface area contributed by atoms with Crippen molar-refractivity contribution in [1.82, 2.24) is 0 Å². The summed E-state index contributed by atoms with van der Waals surface area (Å²) in [5, 5.41) is 2.69. The zero-order valence-corrected chi connectivity index (χ0v) is 19.5. The van der Waals surface area contributed by atoms with E-state index in [-0.39, 0.29) is 0 Å². The van der Waals surface area contributed by atoms with Crippen LogP contribution < -0.4 is 4.90 Å². The van der Waals surface area contributed by atoms with E-state index in [0.717, 1.165) is 12.8 Å². The maximum absolute atomic E-state index is 2.33. The van der Waals surface area contributed by atoms with E-state index in [4.69, 9.17) is 0 Å². The SMILES string of the molecule is CN(c1ccc(C2=CCCC=C2)cc1)c1ccc(-c2ccc3sc4ccccc4c3c2)cc1. The topological polar surface area (TPSA) is 3.24 Å². The zero-order chi connectivity index (χ0) is 22.2. The molecule has 0 radical (unpaired) electrons. The van der Waals surface area contributed by atoms with Crippen molar-refractivity contribution in [3.8, 4) is 11.1 Å². The maximum atomic E-state index is 2.33. The first-order valence-corrected chi connectivity index (χ1v) is 12.3. The van der Waals surface area contributed by atoms with Crippen molar-refractivity contribution >= 4 is 48.5 Å². The second kappa shape index (κ2) is 8.38. The first-order chi connectivity index (χ1) is 16.3. The molecule has 0 aliphatic heterocycles. The second-order valence-corrected chi connectivity index (χ2v) is 9.68. The van der Waals surface area contributed by atoms with E-state index < -0.39 is 0 Å². The van der Waals surface area contributed by atoms with Gasteiger partial charge in [0, 0.05) is 38.6 Å². The van der Waals surface area contributed by atoms with Gasteiger partial charge < -0.3 is 4.90 Å². The molecule has 33 heavy (non-hydrogen) atoms. The number of fused-ring (bicyclic) bond motifs is 3. The van der Waals surface area contributed by atoms with Crippen molar-refractivity contribution in [3.05, 3.63) is 115 Å². The van der Waals surface area contributed by atoms with Crippen LogP contribution in [0.2, 0.25) is 0 Å². The van der Waals surface area contributed by atoms with E-state index in [0.29, 0.717) is 0 Å². The molecule has 1 aromatic heterocycles. The number of rotatable bonds is 4. The first-order valence-electron chi connectivity index (χ1n) is 11.5. The summed E-state index contributed by atoms with van der Waals surface area (Å²) in [5.41, 5.74) is 7.50. The van der Waals surface area contributed by atoms with E-state index in [2.05, 4.69) is 121 Å². The van der Waals surface area contributed by atoms with Crippen molar-refractivity contribution in [2.75, 3.05) is 11.9 Å². The van der Waals surface area contributed by atoms with E-state index in [1.165, 1.54) is 53.8 Å². The number of benzene rings is 4. The van der Waals surface area contributed by atoms with Crippen LogP contribution in [-0.2, 0) is 0 Å². The first kappa shape index (κ1) is 20.0. The Morgan fingerprint density at radius 1 is 0.636 bits per heavy atom. The third-order valence-electron chi connectivity index (χ3n) is 6.55. The van der Waals surface area contributed by atoms with Crippen LogP contribution >= 0.6 is 11.3 Å². The lowest BCUT2D eigenvalue weighted by molar-refractivity contribution is 1.04. The summed E-state index contributed by atoms with van der Waals surface area (Å²) in [6.45, 7) is 0. The van der Waals surface area contributed by atoms with Crippen LogP contribution in [0.1, 0.15) is 18.4 Å². The fourth-order valence-corrected chi connectivity index (χ4v) is 5.72. The Labute approximate surface area is 198 Å². The summed E-state index contributed by atoms with van der Waals surface area (Å²) in [6.07, 6.45) is 9.11. The van der Waals surface area contributed by atoms with E-state index in [9.17, 15) is 0 Å². The molecule has 0 bridgehead atoms. The maximum Gasteiger partial charge on any atom is 0.0408 e. The van der Waals surface area contributed by atoms with Crippen molar-refractivity contribution in [2.24, 2.45) is 0 Å². The molecular formula is C31H25NS. The molecule has 160 valence electrons. The average molecular weight is 444 g/mol. The number of nitrogens with zero attached hydrogens (tertiary/aromatic N) is 1. The highest BCUT2D eigenvalue weighted by Crippen LogP contribution is 2.37. The lowest BCUT2D eigenvalue weighted by Gasteiger charge is -2.20. The number of anilines is 2. The van der Waals surface area contributed by atoms with Gasteiger partial charge in [0.2, 0.25) is 0 Å². The van der Waals surface area contributed by atoms with Gasteiger partial charge >= 0.3 is 0 Å². The highest BCUT2D eigenvalue weighted by atomic mass is 32.1. The molecule has 0 amide bonds. The molecule has 4 aromatic carbocycles. The molecule has 1 heterocycles. The molecule has 2 heteroatoms. The molecule has 0 spiro atoms. The minimum absolute atomic E-state index is 1.13. The molecular weight excluding hydrogens is 418 g/mol. The third-order valence-corrected chi connectivity index (χ3v) is 7.70. The Balaban J connectivity index is 1.26. The van der Waals surface area contributed by atoms with Gasteiger partial charge in [-0.2, -0.15) is 0 Å². The van der Waals surface area contributed by atoms with Gasteiger partial charge in [-0.15, -0.1) is 11.3 Å². The Bertz CT molecular complexity index is 1500. The molecule has 0 unspecified atom stereocenters. The average Bonchev–Trinajstić information content (AvgIpc) is 3.27. The van der Waals surface area contributed by atoms with E-state index in [1.54, 1.807) is 0 Å². The second-order valence-electron chi connectivity index (χ2n) is 8.60. The van der Waals surface area contributed by atoms with Gasteiger partial charge in [0.15, 0.2) is 0 Å². The molecule has 0 fully saturated rings. The van der Waals surface area contributed by atoms with Crippen LogP contribution in [0.3, 0.4) is 0 Å². The predicted molar refractivity (Wildman–Crippen MR) is 146 cm³/mol. The highest BCUT2D eigenvalue weighted by Gasteiger charge is 2.09. The number of hydrogen-bond acceptors (Lipinski definition) is 2. The van der Waals surface area contributed by atoms with Crippen LogP contribution in [0.25, 0.3) is 36.9 Å². The minimum atomic E-state index is 1.13. The van der Waals surface area contributed by atoms with Gasteiger partial charge in [-0.3, -0.25) is 0 Å². The molecule has 0 saturated heterocycles. The van der Waals surface area contributed by atoms with Crippen molar-refractivity contribution in [2.45, 2.75) is 12.8 Å². The van der Waals surface area contributed by atoms with Crippen LogP contribution in [0.5, 0.6) is 0 Å². The number of allylic oxidation sites excluding steroid dienone is 4. The Morgan fingerprint density at radius 2 is 1.30 bits per heavy atom. The summed E-state index contributed by atoms with van der Waals surface area (Å²) < 4.78 is 2.70. The molecule has 0 atom stereocenters. The van der Waals surface area contributed by atoms with Gasteiger partial charge in [0.05, 0.1) is 0 Å². The predicted octanol–water partition coefficient (Wildman–Crippen LogP) is 9.22. The monoisotopic (exact) mass is 443 g/mol. The van der Waals surface area contributed by atoms with Crippen molar-refractivity contribution in [3.63, 3.8) is 0 Å². The summed E-state index contributed by atoms with van der Waals surface area (Å²) in [5.74, 6) is 0. The molecule has 0 N–H and O–H groups in total. The van der Waals surface area contributed by atoms with Gasteiger partial charge in [0.25, 0.3) is 0 Å². The summed E-state index contributed by atoms with van der Waals surface area (Å²) in [6, 6.07) is 33.3. The summed E-state index contributed by atoms with van der Waals surface area (Å²) >= 11 is 1.87. The van der Waals surface area contributed by atoms with E-state index in [1.807, 2.05) is 11.3 Å². The Hall–Kier alpha value is -3.62. The van der Waals surface area contributed by atoms with Gasteiger partial charge in [-0.25, -0.2) is 0 Å². The lowest BCUT2D eigenvalue weighted by atomic mass is 9.99. The quantitative estimate of drug-likeness (QED) is 0.267. The standard InChI is InChI=1S/C31H25NS/c1-32(26-16-11-23(12-17-26)22-7-3-2-4-8-22)27-18-13-24(14-19-27)25-15-20-31-29(21-25)28-9-5-6-10-30(28)33-31/h3,5-21H,2,4H2,1H3. The molecule has 0 saturated carbocycles. The fraction of sp³-hybridized carbons (Fsp3) is 0.0968. The van der Waals surface area contributed by atoms with Gasteiger partial charge in [-0.05, 0) is 77.6 Å². The third kappa shape index (κ3) is 3.77. The molecule has 1 aliphatic carbocycles. The summed E-state index contributed by atoms with van der Waals surface area (Å²) in [4.78, 5) is 2.24. The van der Waals surface area contributed by atoms with Gasteiger partial charge in [0.1, 0.15) is 0 Å². The van der Waals surface area contributed by atoms with E-state index >= 15 is 0 Å². The van der Waals surface area contributed by atoms with Crippen molar-refractivity contribution < 1.29 is 0 Å². The van der Waals surface area contributed by atoms with Crippen molar-refractivity contribution in [1.29, 1.82) is 0 Å². The van der Waals surface area contributed by atoms with Crippen LogP contribution in [0, 0.1) is 0 Å². The van der Waals surface area contributed by atoms with Gasteiger partial charge in [-0.1, -0.05) is 66.8 Å². The Morgan fingerprint density at radius 3 is 2.03 bits per heavy atom. The normalized spacial score (nSPS) is 13.4.